The van der Waals surface area contributed by atoms with Gasteiger partial charge in [-0.15, -0.1) is 0 Å². The SMILES string of the molecule is N#Cc1c2n(c3c(N4CCN(Cc5ccc6c(c5)OCO6)CC4)ncnc13)CCCCC2. The Kier molecular flexibility index (Phi) is 4.84. The van der Waals surface area contributed by atoms with Crippen molar-refractivity contribution in [2.75, 3.05) is 37.9 Å². The lowest BCUT2D eigenvalue weighted by Crippen LogP contribution is -2.46. The predicted octanol–water partition coefficient (Wildman–Crippen LogP) is 3.08. The molecule has 3 aliphatic rings. The summed E-state index contributed by atoms with van der Waals surface area (Å²) in [5.74, 6) is 2.64. The summed E-state index contributed by atoms with van der Waals surface area (Å²) in [5, 5.41) is 9.85. The van der Waals surface area contributed by atoms with E-state index < -0.39 is 0 Å². The number of nitriles is 1. The van der Waals surface area contributed by atoms with E-state index in [4.69, 9.17) is 14.5 Å². The van der Waals surface area contributed by atoms with Crippen molar-refractivity contribution in [3.8, 4) is 17.6 Å². The largest absolute Gasteiger partial charge is 0.454 e. The van der Waals surface area contributed by atoms with Crippen LogP contribution in [0, 0.1) is 11.3 Å². The third-order valence-electron chi connectivity index (χ3n) is 6.85. The minimum Gasteiger partial charge on any atom is -0.454 e. The van der Waals surface area contributed by atoms with Crippen molar-refractivity contribution >= 4 is 16.9 Å². The molecule has 0 N–H and O–H groups in total. The summed E-state index contributed by atoms with van der Waals surface area (Å²) in [6.07, 6.45) is 6.04. The molecule has 0 saturated carbocycles. The molecular formula is C24H26N6O2. The Morgan fingerprint density at radius 2 is 1.84 bits per heavy atom. The first kappa shape index (κ1) is 19.4. The zero-order chi connectivity index (χ0) is 21.5. The number of nitrogens with zero attached hydrogens (tertiary/aromatic N) is 6. The molecule has 6 rings (SSSR count). The second-order valence-electron chi connectivity index (χ2n) is 8.74. The molecule has 0 unspecified atom stereocenters. The van der Waals surface area contributed by atoms with Crippen LogP contribution in [0.4, 0.5) is 5.82 Å². The summed E-state index contributed by atoms with van der Waals surface area (Å²) >= 11 is 0. The van der Waals surface area contributed by atoms with Gasteiger partial charge in [0.15, 0.2) is 17.3 Å². The highest BCUT2D eigenvalue weighted by Crippen LogP contribution is 2.35. The van der Waals surface area contributed by atoms with E-state index >= 15 is 0 Å². The molecular weight excluding hydrogens is 404 g/mol. The van der Waals surface area contributed by atoms with E-state index in [2.05, 4.69) is 37.6 Å². The molecule has 0 bridgehead atoms. The summed E-state index contributed by atoms with van der Waals surface area (Å²) in [6.45, 7) is 5.86. The van der Waals surface area contributed by atoms with Crippen molar-refractivity contribution in [3.63, 3.8) is 0 Å². The van der Waals surface area contributed by atoms with Crippen molar-refractivity contribution in [3.05, 3.63) is 41.3 Å². The Morgan fingerprint density at radius 3 is 2.72 bits per heavy atom. The monoisotopic (exact) mass is 430 g/mol. The predicted molar refractivity (Wildman–Crippen MR) is 120 cm³/mol. The van der Waals surface area contributed by atoms with E-state index in [1.54, 1.807) is 6.33 Å². The Labute approximate surface area is 187 Å². The van der Waals surface area contributed by atoms with Gasteiger partial charge in [-0.1, -0.05) is 12.5 Å². The number of hydrogen-bond donors (Lipinski definition) is 0. The van der Waals surface area contributed by atoms with Crippen LogP contribution in [0.3, 0.4) is 0 Å². The highest BCUT2D eigenvalue weighted by atomic mass is 16.7. The summed E-state index contributed by atoms with van der Waals surface area (Å²) in [5.41, 5.74) is 4.99. The Balaban J connectivity index is 1.23. The highest BCUT2D eigenvalue weighted by Gasteiger charge is 2.27. The van der Waals surface area contributed by atoms with Gasteiger partial charge in [-0.3, -0.25) is 4.90 Å². The molecule has 1 aromatic carbocycles. The third-order valence-corrected chi connectivity index (χ3v) is 6.85. The molecule has 1 fully saturated rings. The first-order valence-electron chi connectivity index (χ1n) is 11.4. The van der Waals surface area contributed by atoms with E-state index in [1.807, 2.05) is 6.07 Å². The molecule has 0 radical (unpaired) electrons. The van der Waals surface area contributed by atoms with Crippen LogP contribution in [0.2, 0.25) is 0 Å². The van der Waals surface area contributed by atoms with Crippen LogP contribution in [0.25, 0.3) is 11.0 Å². The average Bonchev–Trinajstić information content (AvgIpc) is 3.33. The topological polar surface area (TPSA) is 79.4 Å². The number of rotatable bonds is 3. The fourth-order valence-corrected chi connectivity index (χ4v) is 5.22. The summed E-state index contributed by atoms with van der Waals surface area (Å²) in [4.78, 5) is 14.1. The van der Waals surface area contributed by atoms with Gasteiger partial charge in [-0.25, -0.2) is 9.97 Å². The van der Waals surface area contributed by atoms with Gasteiger partial charge in [0, 0.05) is 45.0 Å². The second-order valence-corrected chi connectivity index (χ2v) is 8.74. The maximum absolute atomic E-state index is 9.85. The number of fused-ring (bicyclic) bond motifs is 4. The molecule has 0 atom stereocenters. The molecule has 3 aliphatic heterocycles. The van der Waals surface area contributed by atoms with Crippen molar-refractivity contribution < 1.29 is 9.47 Å². The van der Waals surface area contributed by atoms with Gasteiger partial charge in [-0.05, 0) is 37.0 Å². The van der Waals surface area contributed by atoms with Crippen molar-refractivity contribution in [2.24, 2.45) is 0 Å². The van der Waals surface area contributed by atoms with Crippen molar-refractivity contribution in [1.29, 1.82) is 5.26 Å². The molecule has 8 heteroatoms. The molecule has 2 aromatic heterocycles. The lowest BCUT2D eigenvalue weighted by Gasteiger charge is -2.35. The van der Waals surface area contributed by atoms with E-state index in [9.17, 15) is 5.26 Å². The number of benzene rings is 1. The summed E-state index contributed by atoms with van der Waals surface area (Å²) < 4.78 is 13.3. The first-order valence-corrected chi connectivity index (χ1v) is 11.4. The Hall–Kier alpha value is -3.31. The van der Waals surface area contributed by atoms with Gasteiger partial charge >= 0.3 is 0 Å². The number of ether oxygens (including phenoxy) is 2. The molecule has 0 amide bonds. The zero-order valence-corrected chi connectivity index (χ0v) is 18.1. The molecule has 3 aromatic rings. The lowest BCUT2D eigenvalue weighted by atomic mass is 10.1. The summed E-state index contributed by atoms with van der Waals surface area (Å²) in [7, 11) is 0. The number of hydrogen-bond acceptors (Lipinski definition) is 7. The van der Waals surface area contributed by atoms with E-state index in [0.717, 1.165) is 98.1 Å². The number of aromatic nitrogens is 3. The molecule has 1 saturated heterocycles. The van der Waals surface area contributed by atoms with Crippen LogP contribution >= 0.6 is 0 Å². The number of piperazine rings is 1. The van der Waals surface area contributed by atoms with Crippen LogP contribution < -0.4 is 14.4 Å². The van der Waals surface area contributed by atoms with Crippen LogP contribution in [0.15, 0.2) is 24.5 Å². The Bertz CT molecular complexity index is 1210. The second kappa shape index (κ2) is 7.99. The standard InChI is InChI=1S/C24H26N6O2/c25-13-18-19-4-2-1-3-7-30(19)23-22(18)26-15-27-24(23)29-10-8-28(9-11-29)14-17-5-6-20-21(12-17)32-16-31-20/h5-6,12,15H,1-4,7-11,14,16H2. The minimum absolute atomic E-state index is 0.307. The average molecular weight is 431 g/mol. The quantitative estimate of drug-likeness (QED) is 0.632. The van der Waals surface area contributed by atoms with Crippen molar-refractivity contribution in [1.82, 2.24) is 19.4 Å². The van der Waals surface area contributed by atoms with E-state index in [1.165, 1.54) is 12.0 Å². The minimum atomic E-state index is 0.307. The lowest BCUT2D eigenvalue weighted by molar-refractivity contribution is 0.174. The number of anilines is 1. The third kappa shape index (κ3) is 3.24. The first-order chi connectivity index (χ1) is 15.8. The molecule has 164 valence electrons. The van der Waals surface area contributed by atoms with E-state index in [0.29, 0.717) is 6.79 Å². The molecule has 5 heterocycles. The van der Waals surface area contributed by atoms with Crippen LogP contribution in [-0.2, 0) is 19.5 Å². The molecule has 32 heavy (non-hydrogen) atoms. The number of aryl methyl sites for hydroxylation is 1. The van der Waals surface area contributed by atoms with Crippen LogP contribution in [0.1, 0.15) is 36.1 Å². The Morgan fingerprint density at radius 1 is 0.969 bits per heavy atom. The van der Waals surface area contributed by atoms with Crippen LogP contribution in [0.5, 0.6) is 11.5 Å². The van der Waals surface area contributed by atoms with Gasteiger partial charge in [0.05, 0.1) is 5.56 Å². The molecule has 8 nitrogen and oxygen atoms in total. The van der Waals surface area contributed by atoms with Gasteiger partial charge in [0.25, 0.3) is 0 Å². The molecule has 0 spiro atoms. The van der Waals surface area contributed by atoms with Gasteiger partial charge in [-0.2, -0.15) is 5.26 Å². The summed E-state index contributed by atoms with van der Waals surface area (Å²) in [6, 6.07) is 8.63. The van der Waals surface area contributed by atoms with Gasteiger partial charge in [0.1, 0.15) is 23.4 Å². The zero-order valence-electron chi connectivity index (χ0n) is 18.1. The molecule has 0 aliphatic carbocycles. The highest BCUT2D eigenvalue weighted by molar-refractivity contribution is 5.92. The van der Waals surface area contributed by atoms with Gasteiger partial charge < -0.3 is 18.9 Å². The normalized spacial score (nSPS) is 18.4. The van der Waals surface area contributed by atoms with E-state index in [-0.39, 0.29) is 0 Å². The maximum Gasteiger partial charge on any atom is 0.231 e. The fraction of sp³-hybridized carbons (Fsp3) is 0.458. The van der Waals surface area contributed by atoms with Crippen molar-refractivity contribution in [2.45, 2.75) is 38.8 Å². The van der Waals surface area contributed by atoms with Gasteiger partial charge in [0.2, 0.25) is 6.79 Å². The maximum atomic E-state index is 9.85. The smallest absolute Gasteiger partial charge is 0.231 e. The van der Waals surface area contributed by atoms with Crippen LogP contribution in [-0.4, -0.2) is 52.4 Å². The fourth-order valence-electron chi connectivity index (χ4n) is 5.22.